The third-order valence-corrected chi connectivity index (χ3v) is 9.92. The van der Waals surface area contributed by atoms with Crippen LogP contribution in [0.4, 0.5) is 0 Å². The third-order valence-electron chi connectivity index (χ3n) is 8.83. The minimum absolute atomic E-state index is 0.890. The van der Waals surface area contributed by atoms with Gasteiger partial charge in [-0.25, -0.2) is 0 Å². The molecule has 0 unspecified atom stereocenters. The Bertz CT molecular complexity index is 2540. The molecule has 1 N–H and O–H groups in total. The molecule has 5 heteroatoms. The average molecular weight is 528 g/mol. The van der Waals surface area contributed by atoms with Gasteiger partial charge in [0.15, 0.2) is 7.28 Å². The van der Waals surface area contributed by atoms with Gasteiger partial charge in [0, 0.05) is 42.9 Å². The van der Waals surface area contributed by atoms with Crippen molar-refractivity contribution in [3.8, 4) is 16.8 Å². The second-order valence-corrected chi connectivity index (χ2v) is 12.1. The number of aromatic nitrogens is 2. The van der Waals surface area contributed by atoms with E-state index in [0.717, 1.165) is 18.6 Å². The van der Waals surface area contributed by atoms with Crippen molar-refractivity contribution < 1.29 is 4.42 Å². The van der Waals surface area contributed by atoms with Crippen LogP contribution in [0, 0.1) is 6.92 Å². The SMILES string of the molecule is Cc1cc(-c2cccc3c2[nH]c2sc4ccccc4c23)c2c(c1)-n1c3oc4ccccc4c3c3cccc(c31)B2. The summed E-state index contributed by atoms with van der Waals surface area (Å²) in [6, 6.07) is 35.3. The Morgan fingerprint density at radius 1 is 0.750 bits per heavy atom. The monoisotopic (exact) mass is 528 g/mol. The number of para-hydroxylation sites is 3. The molecule has 0 radical (unpaired) electrons. The highest BCUT2D eigenvalue weighted by atomic mass is 32.1. The number of nitrogens with one attached hydrogen (secondary N) is 1. The molecule has 1 aliphatic heterocycles. The Morgan fingerprint density at radius 3 is 2.50 bits per heavy atom. The maximum atomic E-state index is 6.59. The first kappa shape index (κ1) is 21.1. The van der Waals surface area contributed by atoms with Gasteiger partial charge in [0.1, 0.15) is 10.4 Å². The number of rotatable bonds is 1. The fraction of sp³-hybridized carbons (Fsp3) is 0.0286. The van der Waals surface area contributed by atoms with Crippen molar-refractivity contribution in [2.45, 2.75) is 6.92 Å². The number of benzene rings is 5. The third kappa shape index (κ3) is 2.52. The van der Waals surface area contributed by atoms with Gasteiger partial charge in [-0.05, 0) is 41.7 Å². The quantitative estimate of drug-likeness (QED) is 0.215. The van der Waals surface area contributed by atoms with E-state index in [2.05, 4.69) is 114 Å². The number of thiophene rings is 1. The van der Waals surface area contributed by atoms with Crippen LogP contribution in [-0.4, -0.2) is 16.8 Å². The van der Waals surface area contributed by atoms with Gasteiger partial charge in [0.25, 0.3) is 0 Å². The molecule has 0 bridgehead atoms. The lowest BCUT2D eigenvalue weighted by molar-refractivity contribution is 0.645. The lowest BCUT2D eigenvalue weighted by Gasteiger charge is -2.23. The zero-order valence-electron chi connectivity index (χ0n) is 21.7. The summed E-state index contributed by atoms with van der Waals surface area (Å²) in [5, 5.41) is 7.61. The second-order valence-electron chi connectivity index (χ2n) is 11.1. The fourth-order valence-electron chi connectivity index (χ4n) is 7.23. The zero-order chi connectivity index (χ0) is 26.1. The first-order chi connectivity index (χ1) is 19.7. The molecule has 4 aromatic heterocycles. The van der Waals surface area contributed by atoms with Crippen LogP contribution < -0.4 is 10.9 Å². The summed E-state index contributed by atoms with van der Waals surface area (Å²) in [7, 11) is 0.890. The van der Waals surface area contributed by atoms with Gasteiger partial charge in [-0.3, -0.25) is 4.57 Å². The zero-order valence-corrected chi connectivity index (χ0v) is 22.5. The fourth-order valence-corrected chi connectivity index (χ4v) is 8.35. The molecule has 0 aliphatic carbocycles. The van der Waals surface area contributed by atoms with Crippen molar-refractivity contribution in [2.24, 2.45) is 0 Å². The van der Waals surface area contributed by atoms with E-state index in [1.54, 1.807) is 0 Å². The van der Waals surface area contributed by atoms with Gasteiger partial charge in [-0.1, -0.05) is 84.3 Å². The summed E-state index contributed by atoms with van der Waals surface area (Å²) in [6.45, 7) is 2.21. The standard InChI is InChI=1S/C35H21BN2OS/c1-18-16-24(19-10-6-11-22-29-21-9-3-5-15-28(21)40-34(29)37-32(19)22)31-26(17-18)38-33-23(12-7-13-25(33)36-31)30-20-8-2-4-14-27(20)39-35(30)38/h2-17,36-37H,1H3. The second kappa shape index (κ2) is 7.26. The minimum atomic E-state index is 0.890. The van der Waals surface area contributed by atoms with Gasteiger partial charge in [-0.15, -0.1) is 11.3 Å². The highest BCUT2D eigenvalue weighted by Gasteiger charge is 2.29. The van der Waals surface area contributed by atoms with Gasteiger partial charge in [-0.2, -0.15) is 0 Å². The number of fused-ring (bicyclic) bond motifs is 12. The van der Waals surface area contributed by atoms with Crippen molar-refractivity contribution in [3.05, 3.63) is 103 Å². The van der Waals surface area contributed by atoms with E-state index in [9.17, 15) is 0 Å². The average Bonchev–Trinajstić information content (AvgIpc) is 3.71. The van der Waals surface area contributed by atoms with Crippen LogP contribution >= 0.6 is 11.3 Å². The van der Waals surface area contributed by atoms with E-state index in [-0.39, 0.29) is 0 Å². The normalized spacial score (nSPS) is 12.8. The van der Waals surface area contributed by atoms with E-state index in [1.807, 2.05) is 11.3 Å². The molecule has 0 atom stereocenters. The molecular weight excluding hydrogens is 507 g/mol. The Kier molecular flexibility index (Phi) is 3.84. The summed E-state index contributed by atoms with van der Waals surface area (Å²) < 4.78 is 10.3. The van der Waals surface area contributed by atoms with E-state index in [4.69, 9.17) is 4.42 Å². The van der Waals surface area contributed by atoms with Crippen molar-refractivity contribution in [3.63, 3.8) is 0 Å². The molecule has 0 saturated heterocycles. The lowest BCUT2D eigenvalue weighted by Crippen LogP contribution is -2.37. The molecule has 40 heavy (non-hydrogen) atoms. The van der Waals surface area contributed by atoms with Crippen molar-refractivity contribution >= 4 is 93.7 Å². The molecule has 5 aromatic carbocycles. The van der Waals surface area contributed by atoms with E-state index >= 15 is 0 Å². The van der Waals surface area contributed by atoms with Crippen molar-refractivity contribution in [1.82, 2.24) is 9.55 Å². The van der Waals surface area contributed by atoms with Crippen LogP contribution in [-0.2, 0) is 0 Å². The highest BCUT2D eigenvalue weighted by Crippen LogP contribution is 2.43. The Morgan fingerprint density at radius 2 is 1.55 bits per heavy atom. The minimum Gasteiger partial charge on any atom is -0.439 e. The van der Waals surface area contributed by atoms with Gasteiger partial charge >= 0.3 is 0 Å². The molecule has 0 fully saturated rings. The summed E-state index contributed by atoms with van der Waals surface area (Å²) in [6.07, 6.45) is 0. The van der Waals surface area contributed by atoms with Crippen molar-refractivity contribution in [1.29, 1.82) is 0 Å². The van der Waals surface area contributed by atoms with E-state index < -0.39 is 0 Å². The number of hydrogen-bond acceptors (Lipinski definition) is 2. The van der Waals surface area contributed by atoms with E-state index in [0.29, 0.717) is 0 Å². The number of aryl methyl sites for hydroxylation is 1. The predicted octanol–water partition coefficient (Wildman–Crippen LogP) is 8.06. The van der Waals surface area contributed by atoms with Gasteiger partial charge < -0.3 is 9.40 Å². The van der Waals surface area contributed by atoms with Crippen LogP contribution in [0.25, 0.3) is 81.0 Å². The molecule has 5 heterocycles. The molecule has 186 valence electrons. The first-order valence-corrected chi connectivity index (χ1v) is 14.6. The summed E-state index contributed by atoms with van der Waals surface area (Å²) >= 11 is 1.84. The molecule has 1 aliphatic rings. The molecule has 0 amide bonds. The van der Waals surface area contributed by atoms with Crippen LogP contribution in [0.3, 0.4) is 0 Å². The summed E-state index contributed by atoms with van der Waals surface area (Å²) in [4.78, 5) is 5.08. The molecule has 0 saturated carbocycles. The maximum absolute atomic E-state index is 6.59. The van der Waals surface area contributed by atoms with Gasteiger partial charge in [0.05, 0.1) is 16.4 Å². The van der Waals surface area contributed by atoms with Gasteiger partial charge in [0.2, 0.25) is 5.71 Å². The summed E-state index contributed by atoms with van der Waals surface area (Å²) in [5.41, 5.74) is 12.1. The molecule has 0 spiro atoms. The summed E-state index contributed by atoms with van der Waals surface area (Å²) in [5.74, 6) is 0. The van der Waals surface area contributed by atoms with Crippen LogP contribution in [0.5, 0.6) is 0 Å². The van der Waals surface area contributed by atoms with Crippen LogP contribution in [0.1, 0.15) is 5.56 Å². The molecule has 3 nitrogen and oxygen atoms in total. The predicted molar refractivity (Wildman–Crippen MR) is 172 cm³/mol. The Hall–Kier alpha value is -4.74. The van der Waals surface area contributed by atoms with Crippen LogP contribution in [0.2, 0.25) is 0 Å². The number of hydrogen-bond donors (Lipinski definition) is 1. The van der Waals surface area contributed by atoms with Crippen LogP contribution in [0.15, 0.2) is 101 Å². The van der Waals surface area contributed by atoms with E-state index in [1.165, 1.54) is 86.2 Å². The Labute approximate surface area is 233 Å². The number of furan rings is 1. The number of H-pyrrole nitrogens is 1. The molecule has 10 rings (SSSR count). The highest BCUT2D eigenvalue weighted by molar-refractivity contribution is 7.25. The lowest BCUT2D eigenvalue weighted by atomic mass is 9.59. The molecular formula is C35H21BN2OS. The first-order valence-electron chi connectivity index (χ1n) is 13.7. The largest absolute Gasteiger partial charge is 0.439 e. The number of aromatic amines is 1. The number of nitrogens with zero attached hydrogens (tertiary/aromatic N) is 1. The Balaban J connectivity index is 1.32. The smallest absolute Gasteiger partial charge is 0.213 e. The topological polar surface area (TPSA) is 33.9 Å². The van der Waals surface area contributed by atoms with Crippen molar-refractivity contribution in [2.75, 3.05) is 0 Å². The maximum Gasteiger partial charge on any atom is 0.213 e. The molecule has 9 aromatic rings.